The normalized spacial score (nSPS) is 18.1. The Labute approximate surface area is 94.2 Å². The molecule has 1 aromatic heterocycles. The van der Waals surface area contributed by atoms with E-state index in [0.29, 0.717) is 17.6 Å². The summed E-state index contributed by atoms with van der Waals surface area (Å²) in [6.07, 6.45) is 4.08. The third kappa shape index (κ3) is 2.71. The molecule has 84 valence electrons. The van der Waals surface area contributed by atoms with Crippen molar-refractivity contribution >= 4 is 11.6 Å². The van der Waals surface area contributed by atoms with E-state index in [1.807, 2.05) is 11.6 Å². The molecule has 0 amide bonds. The molecule has 0 aromatic carbocycles. The van der Waals surface area contributed by atoms with Gasteiger partial charge in [-0.2, -0.15) is 5.10 Å². The van der Waals surface area contributed by atoms with E-state index in [9.17, 15) is 5.11 Å². The molecule has 0 saturated heterocycles. The van der Waals surface area contributed by atoms with Crippen LogP contribution in [0.4, 0.5) is 0 Å². The van der Waals surface area contributed by atoms with Crippen LogP contribution in [0.2, 0.25) is 5.02 Å². The highest BCUT2D eigenvalue weighted by atomic mass is 35.5. The van der Waals surface area contributed by atoms with Crippen LogP contribution in [-0.2, 0) is 6.54 Å². The predicted octanol–water partition coefficient (Wildman–Crippen LogP) is 0.958. The van der Waals surface area contributed by atoms with Crippen LogP contribution in [0, 0.1) is 6.92 Å². The van der Waals surface area contributed by atoms with Crippen LogP contribution < -0.4 is 5.32 Å². The van der Waals surface area contributed by atoms with Gasteiger partial charge < -0.3 is 10.4 Å². The molecular weight excluding hydrogens is 214 g/mol. The summed E-state index contributed by atoms with van der Waals surface area (Å²) in [5, 5.41) is 17.4. The Morgan fingerprint density at radius 1 is 1.73 bits per heavy atom. The van der Waals surface area contributed by atoms with E-state index in [2.05, 4.69) is 10.4 Å². The molecule has 2 rings (SSSR count). The highest BCUT2D eigenvalue weighted by molar-refractivity contribution is 6.31. The molecule has 2 N–H and O–H groups in total. The topological polar surface area (TPSA) is 50.1 Å². The number of rotatable bonds is 5. The lowest BCUT2D eigenvalue weighted by molar-refractivity contribution is 0.223. The van der Waals surface area contributed by atoms with Gasteiger partial charge >= 0.3 is 0 Å². The van der Waals surface area contributed by atoms with E-state index in [-0.39, 0.29) is 12.6 Å². The first-order valence-electron chi connectivity index (χ1n) is 5.25. The maximum atomic E-state index is 9.23. The summed E-state index contributed by atoms with van der Waals surface area (Å²) in [4.78, 5) is 0. The van der Waals surface area contributed by atoms with Gasteiger partial charge in [0.1, 0.15) is 0 Å². The summed E-state index contributed by atoms with van der Waals surface area (Å²) in [5.74, 6) is 0. The van der Waals surface area contributed by atoms with Gasteiger partial charge in [-0.05, 0) is 19.8 Å². The van der Waals surface area contributed by atoms with Crippen molar-refractivity contribution in [1.29, 1.82) is 0 Å². The van der Waals surface area contributed by atoms with Crippen LogP contribution in [-0.4, -0.2) is 33.6 Å². The Balaban J connectivity index is 1.95. The lowest BCUT2D eigenvalue weighted by Gasteiger charge is -2.16. The van der Waals surface area contributed by atoms with Gasteiger partial charge in [-0.3, -0.25) is 4.68 Å². The summed E-state index contributed by atoms with van der Waals surface area (Å²) in [5.41, 5.74) is 0.952. The Morgan fingerprint density at radius 3 is 2.93 bits per heavy atom. The van der Waals surface area contributed by atoms with E-state index in [0.717, 1.165) is 5.69 Å². The second kappa shape index (κ2) is 4.51. The van der Waals surface area contributed by atoms with Crippen molar-refractivity contribution in [2.75, 3.05) is 6.61 Å². The third-order valence-electron chi connectivity index (χ3n) is 2.71. The summed E-state index contributed by atoms with van der Waals surface area (Å²) in [7, 11) is 0. The van der Waals surface area contributed by atoms with Crippen LogP contribution in [0.1, 0.15) is 18.5 Å². The maximum Gasteiger partial charge on any atom is 0.0814 e. The first-order valence-corrected chi connectivity index (χ1v) is 5.63. The van der Waals surface area contributed by atoms with Crippen molar-refractivity contribution in [3.05, 3.63) is 16.9 Å². The molecule has 1 atom stereocenters. The number of halogens is 1. The highest BCUT2D eigenvalue weighted by Crippen LogP contribution is 2.20. The van der Waals surface area contributed by atoms with Crippen LogP contribution in [0.3, 0.4) is 0 Å². The SMILES string of the molecule is Cc1c(Cl)cnn1CC(CO)NC1CC1. The van der Waals surface area contributed by atoms with Gasteiger partial charge in [-0.25, -0.2) is 0 Å². The number of nitrogens with one attached hydrogen (secondary N) is 1. The molecule has 4 nitrogen and oxygen atoms in total. The zero-order chi connectivity index (χ0) is 10.8. The monoisotopic (exact) mass is 229 g/mol. The molecule has 1 aliphatic rings. The summed E-state index contributed by atoms with van der Waals surface area (Å²) < 4.78 is 1.83. The van der Waals surface area contributed by atoms with Gasteiger partial charge in [0.25, 0.3) is 0 Å². The average molecular weight is 230 g/mol. The van der Waals surface area contributed by atoms with E-state index in [1.165, 1.54) is 12.8 Å². The molecule has 1 heterocycles. The minimum absolute atomic E-state index is 0.0761. The van der Waals surface area contributed by atoms with Crippen molar-refractivity contribution in [3.8, 4) is 0 Å². The molecule has 1 aromatic rings. The lowest BCUT2D eigenvalue weighted by Crippen LogP contribution is -2.38. The smallest absolute Gasteiger partial charge is 0.0814 e. The molecule has 0 aliphatic heterocycles. The van der Waals surface area contributed by atoms with E-state index >= 15 is 0 Å². The Bertz CT molecular complexity index is 335. The Morgan fingerprint density at radius 2 is 2.47 bits per heavy atom. The van der Waals surface area contributed by atoms with Crippen molar-refractivity contribution < 1.29 is 5.11 Å². The summed E-state index contributed by atoms with van der Waals surface area (Å²) >= 11 is 5.91. The van der Waals surface area contributed by atoms with Crippen LogP contribution in [0.15, 0.2) is 6.20 Å². The van der Waals surface area contributed by atoms with Crippen molar-refractivity contribution in [1.82, 2.24) is 15.1 Å². The zero-order valence-electron chi connectivity index (χ0n) is 8.78. The first kappa shape index (κ1) is 10.9. The predicted molar refractivity (Wildman–Crippen MR) is 59.0 cm³/mol. The minimum atomic E-state index is 0.0761. The highest BCUT2D eigenvalue weighted by Gasteiger charge is 2.24. The van der Waals surface area contributed by atoms with E-state index < -0.39 is 0 Å². The van der Waals surface area contributed by atoms with Gasteiger partial charge in [0, 0.05) is 6.04 Å². The molecule has 0 bridgehead atoms. The van der Waals surface area contributed by atoms with Gasteiger partial charge in [0.15, 0.2) is 0 Å². The number of hydrogen-bond acceptors (Lipinski definition) is 3. The number of nitrogens with zero attached hydrogens (tertiary/aromatic N) is 2. The molecule has 1 fully saturated rings. The summed E-state index contributed by atoms with van der Waals surface area (Å²) in [6, 6.07) is 0.667. The zero-order valence-corrected chi connectivity index (χ0v) is 9.54. The van der Waals surface area contributed by atoms with E-state index in [4.69, 9.17) is 11.6 Å². The fourth-order valence-electron chi connectivity index (χ4n) is 1.56. The van der Waals surface area contributed by atoms with Gasteiger partial charge in [0.2, 0.25) is 0 Å². The van der Waals surface area contributed by atoms with Crippen molar-refractivity contribution in [2.45, 2.75) is 38.4 Å². The Hall–Kier alpha value is -0.580. The number of hydrogen-bond donors (Lipinski definition) is 2. The molecule has 1 saturated carbocycles. The largest absolute Gasteiger partial charge is 0.395 e. The number of aliphatic hydroxyl groups is 1. The molecule has 0 spiro atoms. The van der Waals surface area contributed by atoms with Gasteiger partial charge in [0.05, 0.1) is 36.1 Å². The molecule has 5 heteroatoms. The Kier molecular flexibility index (Phi) is 3.29. The maximum absolute atomic E-state index is 9.23. The fourth-order valence-corrected chi connectivity index (χ4v) is 1.70. The molecule has 1 unspecified atom stereocenters. The van der Waals surface area contributed by atoms with Crippen LogP contribution >= 0.6 is 11.6 Å². The van der Waals surface area contributed by atoms with Crippen molar-refractivity contribution in [3.63, 3.8) is 0 Å². The molecule has 15 heavy (non-hydrogen) atoms. The summed E-state index contributed by atoms with van der Waals surface area (Å²) in [6.45, 7) is 2.74. The quantitative estimate of drug-likeness (QED) is 0.791. The van der Waals surface area contributed by atoms with Crippen LogP contribution in [0.5, 0.6) is 0 Å². The second-order valence-electron chi connectivity index (χ2n) is 4.08. The fraction of sp³-hybridized carbons (Fsp3) is 0.700. The lowest BCUT2D eigenvalue weighted by atomic mass is 10.3. The number of aromatic nitrogens is 2. The first-order chi connectivity index (χ1) is 7.20. The standard InChI is InChI=1S/C10H16ClN3O/c1-7-10(11)4-12-14(7)5-9(6-15)13-8-2-3-8/h4,8-9,13,15H,2-3,5-6H2,1H3. The molecule has 0 radical (unpaired) electrons. The van der Waals surface area contributed by atoms with Gasteiger partial charge in [-0.1, -0.05) is 11.6 Å². The van der Waals surface area contributed by atoms with E-state index in [1.54, 1.807) is 6.20 Å². The second-order valence-corrected chi connectivity index (χ2v) is 4.49. The molecule has 1 aliphatic carbocycles. The number of aliphatic hydroxyl groups excluding tert-OH is 1. The third-order valence-corrected chi connectivity index (χ3v) is 3.08. The average Bonchev–Trinajstić information content (AvgIpc) is 2.99. The molecular formula is C10H16ClN3O. The van der Waals surface area contributed by atoms with Gasteiger partial charge in [-0.15, -0.1) is 0 Å². The van der Waals surface area contributed by atoms with Crippen molar-refractivity contribution in [2.24, 2.45) is 0 Å². The minimum Gasteiger partial charge on any atom is -0.395 e. The van der Waals surface area contributed by atoms with Crippen LogP contribution in [0.25, 0.3) is 0 Å².